The maximum atomic E-state index is 6.39. The molecular weight excluding hydrogens is 593 g/mol. The summed E-state index contributed by atoms with van der Waals surface area (Å²) in [7, 11) is 0. The maximum Gasteiger partial charge on any atom is 0.137 e. The molecule has 0 aliphatic carbocycles. The normalized spacial score (nSPS) is 11.9. The molecule has 0 saturated carbocycles. The third-order valence-electron chi connectivity index (χ3n) is 9.45. The number of para-hydroxylation sites is 2. The van der Waals surface area contributed by atoms with E-state index in [2.05, 4.69) is 162 Å². The van der Waals surface area contributed by atoms with Gasteiger partial charge in [-0.2, -0.15) is 0 Å². The summed E-state index contributed by atoms with van der Waals surface area (Å²) in [6.45, 7) is 2.14. The van der Waals surface area contributed by atoms with Crippen LogP contribution in [0.2, 0.25) is 0 Å². The van der Waals surface area contributed by atoms with E-state index in [1.54, 1.807) is 0 Å². The van der Waals surface area contributed by atoms with Gasteiger partial charge in [-0.05, 0) is 85.8 Å². The standard InChI is InChI=1S/C43H28N2OS/c1-27-17-19-28(20-18-27)45-36-12-5-2-9-31(36)34-25-29(21-23-37(34)45)44(30-22-24-42-35(26-30)32-10-4-7-16-41(32)47-42)38-13-8-15-40-43(38)33-11-3-6-14-39(33)46-40/h2-26H,1H3. The second-order valence-corrected chi connectivity index (χ2v) is 13.3. The van der Waals surface area contributed by atoms with E-state index in [9.17, 15) is 0 Å². The lowest BCUT2D eigenvalue weighted by atomic mass is 10.1. The van der Waals surface area contributed by atoms with Crippen LogP contribution in [0.4, 0.5) is 17.1 Å². The fourth-order valence-electron chi connectivity index (χ4n) is 7.29. The number of anilines is 3. The SMILES string of the molecule is Cc1ccc(-n2c3ccccc3c3cc(N(c4ccc5sc6ccccc6c5c4)c4cccc5oc6ccccc6c45)ccc32)cc1. The Morgan fingerprint density at radius 3 is 2.04 bits per heavy atom. The van der Waals surface area contributed by atoms with Crippen LogP contribution in [0.3, 0.4) is 0 Å². The van der Waals surface area contributed by atoms with E-state index >= 15 is 0 Å². The number of hydrogen-bond acceptors (Lipinski definition) is 3. The highest BCUT2D eigenvalue weighted by Crippen LogP contribution is 2.46. The second kappa shape index (κ2) is 10.1. The lowest BCUT2D eigenvalue weighted by Crippen LogP contribution is -2.10. The molecule has 0 spiro atoms. The van der Waals surface area contributed by atoms with Gasteiger partial charge in [0.15, 0.2) is 0 Å². The Bertz CT molecular complexity index is 2820. The van der Waals surface area contributed by atoms with E-state index in [1.807, 2.05) is 17.4 Å². The Balaban J connectivity index is 1.28. The van der Waals surface area contributed by atoms with Crippen LogP contribution in [0.5, 0.6) is 0 Å². The molecule has 3 heterocycles. The topological polar surface area (TPSA) is 21.3 Å². The molecule has 3 nitrogen and oxygen atoms in total. The van der Waals surface area contributed by atoms with Crippen molar-refractivity contribution in [3.05, 3.63) is 157 Å². The van der Waals surface area contributed by atoms with Crippen molar-refractivity contribution in [2.75, 3.05) is 4.90 Å². The van der Waals surface area contributed by atoms with Gasteiger partial charge < -0.3 is 13.9 Å². The van der Waals surface area contributed by atoms with E-state index in [1.165, 1.54) is 47.5 Å². The van der Waals surface area contributed by atoms with Crippen LogP contribution in [0.15, 0.2) is 156 Å². The maximum absolute atomic E-state index is 6.39. The predicted octanol–water partition coefficient (Wildman–Crippen LogP) is 12.8. The third kappa shape index (κ3) is 3.98. The van der Waals surface area contributed by atoms with Gasteiger partial charge in [-0.15, -0.1) is 11.3 Å². The van der Waals surface area contributed by atoms with Gasteiger partial charge in [-0.3, -0.25) is 0 Å². The molecule has 0 fully saturated rings. The molecule has 0 radical (unpaired) electrons. The summed E-state index contributed by atoms with van der Waals surface area (Å²) in [4.78, 5) is 2.41. The van der Waals surface area contributed by atoms with Crippen molar-refractivity contribution in [2.24, 2.45) is 0 Å². The molecular formula is C43H28N2OS. The zero-order chi connectivity index (χ0) is 31.1. The van der Waals surface area contributed by atoms with Crippen molar-refractivity contribution < 1.29 is 4.42 Å². The minimum atomic E-state index is 0.882. The number of rotatable bonds is 4. The van der Waals surface area contributed by atoms with Gasteiger partial charge >= 0.3 is 0 Å². The summed E-state index contributed by atoms with van der Waals surface area (Å²) in [5.74, 6) is 0. The average molecular weight is 621 g/mol. The summed E-state index contributed by atoms with van der Waals surface area (Å²) in [5.41, 5.74) is 9.88. The third-order valence-corrected chi connectivity index (χ3v) is 10.6. The molecule has 10 aromatic rings. The van der Waals surface area contributed by atoms with Crippen LogP contribution in [0, 0.1) is 6.92 Å². The van der Waals surface area contributed by atoms with Gasteiger partial charge in [0.25, 0.3) is 0 Å². The number of thiophene rings is 1. The van der Waals surface area contributed by atoms with Crippen LogP contribution >= 0.6 is 11.3 Å². The van der Waals surface area contributed by atoms with Crippen LogP contribution < -0.4 is 4.90 Å². The first kappa shape index (κ1) is 26.4. The number of furan rings is 1. The van der Waals surface area contributed by atoms with Gasteiger partial charge in [-0.1, -0.05) is 78.4 Å². The van der Waals surface area contributed by atoms with Crippen molar-refractivity contribution in [1.82, 2.24) is 4.57 Å². The number of hydrogen-bond donors (Lipinski definition) is 0. The molecule has 0 unspecified atom stereocenters. The highest BCUT2D eigenvalue weighted by atomic mass is 32.1. The zero-order valence-electron chi connectivity index (χ0n) is 25.6. The van der Waals surface area contributed by atoms with E-state index in [0.717, 1.165) is 44.7 Å². The first-order chi connectivity index (χ1) is 23.2. The van der Waals surface area contributed by atoms with Crippen LogP contribution in [-0.4, -0.2) is 4.57 Å². The lowest BCUT2D eigenvalue weighted by molar-refractivity contribution is 0.669. The quantitative estimate of drug-likeness (QED) is 0.195. The molecule has 0 aliphatic rings. The number of fused-ring (bicyclic) bond motifs is 9. The molecule has 0 N–H and O–H groups in total. The minimum Gasteiger partial charge on any atom is -0.456 e. The largest absolute Gasteiger partial charge is 0.456 e. The first-order valence-electron chi connectivity index (χ1n) is 15.9. The van der Waals surface area contributed by atoms with Gasteiger partial charge in [0.2, 0.25) is 0 Å². The number of benzene rings is 7. The van der Waals surface area contributed by atoms with Crippen molar-refractivity contribution in [3.8, 4) is 5.69 Å². The molecule has 7 aromatic carbocycles. The lowest BCUT2D eigenvalue weighted by Gasteiger charge is -2.26. The van der Waals surface area contributed by atoms with Crippen LogP contribution in [-0.2, 0) is 0 Å². The number of aromatic nitrogens is 1. The zero-order valence-corrected chi connectivity index (χ0v) is 26.5. The molecule has 3 aromatic heterocycles. The van der Waals surface area contributed by atoms with Crippen molar-refractivity contribution in [3.63, 3.8) is 0 Å². The monoisotopic (exact) mass is 620 g/mol. The Kier molecular flexibility index (Phi) is 5.66. The molecule has 4 heteroatoms. The molecule has 0 bridgehead atoms. The Hall–Kier alpha value is -5.84. The van der Waals surface area contributed by atoms with Gasteiger partial charge in [0.1, 0.15) is 11.2 Å². The summed E-state index contributed by atoms with van der Waals surface area (Å²) in [6.07, 6.45) is 0. The van der Waals surface area contributed by atoms with Crippen molar-refractivity contribution in [2.45, 2.75) is 6.92 Å². The molecule has 10 rings (SSSR count). The highest BCUT2D eigenvalue weighted by molar-refractivity contribution is 7.25. The molecule has 0 atom stereocenters. The molecule has 0 amide bonds. The van der Waals surface area contributed by atoms with E-state index in [-0.39, 0.29) is 0 Å². The predicted molar refractivity (Wildman–Crippen MR) is 200 cm³/mol. The Morgan fingerprint density at radius 1 is 0.511 bits per heavy atom. The summed E-state index contributed by atoms with van der Waals surface area (Å²) < 4.78 is 11.4. The smallest absolute Gasteiger partial charge is 0.137 e. The van der Waals surface area contributed by atoms with E-state index in [0.29, 0.717) is 0 Å². The van der Waals surface area contributed by atoms with Crippen molar-refractivity contribution in [1.29, 1.82) is 0 Å². The molecule has 0 aliphatic heterocycles. The first-order valence-corrected chi connectivity index (χ1v) is 16.7. The Labute approximate surface area is 275 Å². The number of aryl methyl sites for hydroxylation is 1. The molecule has 222 valence electrons. The van der Waals surface area contributed by atoms with Gasteiger partial charge in [0.05, 0.1) is 22.1 Å². The summed E-state index contributed by atoms with van der Waals surface area (Å²) >= 11 is 1.85. The fraction of sp³-hybridized carbons (Fsp3) is 0.0233. The van der Waals surface area contributed by atoms with E-state index in [4.69, 9.17) is 4.42 Å². The molecule has 47 heavy (non-hydrogen) atoms. The number of nitrogens with zero attached hydrogens (tertiary/aromatic N) is 2. The fourth-order valence-corrected chi connectivity index (χ4v) is 8.38. The second-order valence-electron chi connectivity index (χ2n) is 12.3. The van der Waals surface area contributed by atoms with Gasteiger partial charge in [-0.25, -0.2) is 0 Å². The van der Waals surface area contributed by atoms with Gasteiger partial charge in [0, 0.05) is 53.4 Å². The summed E-state index contributed by atoms with van der Waals surface area (Å²) in [5, 5.41) is 7.24. The minimum absolute atomic E-state index is 0.882. The average Bonchev–Trinajstić information content (AvgIpc) is 3.78. The van der Waals surface area contributed by atoms with Crippen LogP contribution in [0.25, 0.3) is 69.6 Å². The van der Waals surface area contributed by atoms with E-state index < -0.39 is 0 Å². The highest BCUT2D eigenvalue weighted by Gasteiger charge is 2.22. The molecule has 0 saturated heterocycles. The van der Waals surface area contributed by atoms with Crippen molar-refractivity contribution >= 4 is 92.3 Å². The summed E-state index contributed by atoms with van der Waals surface area (Å²) in [6, 6.07) is 54.8. The van der Waals surface area contributed by atoms with Crippen LogP contribution in [0.1, 0.15) is 5.56 Å². The Morgan fingerprint density at radius 2 is 1.17 bits per heavy atom.